The molecule has 1 aromatic heterocycles. The molecule has 206 valence electrons. The lowest BCUT2D eigenvalue weighted by molar-refractivity contribution is -0.126. The number of fused-ring (bicyclic) bond motifs is 1. The van der Waals surface area contributed by atoms with Gasteiger partial charge in [0, 0.05) is 23.4 Å². The average Bonchev–Trinajstić information content (AvgIpc) is 3.40. The summed E-state index contributed by atoms with van der Waals surface area (Å²) in [5, 5.41) is 7.79. The maximum absolute atomic E-state index is 14.1. The zero-order chi connectivity index (χ0) is 28.4. The van der Waals surface area contributed by atoms with Gasteiger partial charge in [0.2, 0.25) is 5.91 Å². The van der Waals surface area contributed by atoms with Gasteiger partial charge in [-0.1, -0.05) is 44.2 Å². The van der Waals surface area contributed by atoms with E-state index in [4.69, 9.17) is 14.6 Å². The highest BCUT2D eigenvalue weighted by atomic mass is 16.5. The van der Waals surface area contributed by atoms with Crippen molar-refractivity contribution in [2.24, 2.45) is 0 Å². The molecule has 0 spiro atoms. The van der Waals surface area contributed by atoms with Crippen LogP contribution in [0.2, 0.25) is 0 Å². The standard InChI is InChI=1S/C32H34N4O4/c1-21(2)22-10-14-25(15-11-22)36-30(37)28-18-27(23-12-16-26(39-4)17-13-23)34-35(28)20-32(36,3)31(38)33-19-24-8-6-7-9-29(24)40-5/h6-18,21H,19-20H2,1-5H3,(H,33,38). The Balaban J connectivity index is 1.53. The van der Waals surface area contributed by atoms with Gasteiger partial charge in [-0.25, -0.2) is 0 Å². The minimum atomic E-state index is -1.24. The summed E-state index contributed by atoms with van der Waals surface area (Å²) < 4.78 is 12.4. The third kappa shape index (κ3) is 4.93. The van der Waals surface area contributed by atoms with Crippen LogP contribution in [-0.4, -0.2) is 41.4 Å². The molecule has 1 aliphatic heterocycles. The Kier molecular flexibility index (Phi) is 7.34. The topological polar surface area (TPSA) is 85.7 Å². The van der Waals surface area contributed by atoms with Crippen molar-refractivity contribution < 1.29 is 19.1 Å². The van der Waals surface area contributed by atoms with Crippen LogP contribution in [0.1, 0.15) is 48.3 Å². The molecule has 0 saturated heterocycles. The monoisotopic (exact) mass is 538 g/mol. The number of hydrogen-bond donors (Lipinski definition) is 1. The number of methoxy groups -OCH3 is 2. The first-order valence-corrected chi connectivity index (χ1v) is 13.3. The van der Waals surface area contributed by atoms with Crippen molar-refractivity contribution in [2.45, 2.75) is 45.3 Å². The second kappa shape index (κ2) is 10.9. The van der Waals surface area contributed by atoms with Gasteiger partial charge < -0.3 is 14.8 Å². The van der Waals surface area contributed by atoms with Crippen LogP contribution in [0.15, 0.2) is 78.9 Å². The summed E-state index contributed by atoms with van der Waals surface area (Å²) in [6, 6.07) is 24.7. The molecular weight excluding hydrogens is 504 g/mol. The number of nitrogens with zero attached hydrogens (tertiary/aromatic N) is 3. The van der Waals surface area contributed by atoms with E-state index < -0.39 is 5.54 Å². The van der Waals surface area contributed by atoms with Crippen molar-refractivity contribution >= 4 is 17.5 Å². The Morgan fingerprint density at radius 1 is 1.00 bits per heavy atom. The van der Waals surface area contributed by atoms with Crippen molar-refractivity contribution in [3.63, 3.8) is 0 Å². The molecule has 3 aromatic carbocycles. The van der Waals surface area contributed by atoms with E-state index in [1.54, 1.807) is 36.8 Å². The Labute approximate surface area is 234 Å². The first-order chi connectivity index (χ1) is 19.2. The predicted octanol–water partition coefficient (Wildman–Crippen LogP) is 5.43. The Hall–Kier alpha value is -4.59. The number of anilines is 1. The highest BCUT2D eigenvalue weighted by Crippen LogP contribution is 2.35. The van der Waals surface area contributed by atoms with E-state index in [1.165, 1.54) is 0 Å². The summed E-state index contributed by atoms with van der Waals surface area (Å²) in [5.41, 5.74) is 3.34. The third-order valence-electron chi connectivity index (χ3n) is 7.48. The van der Waals surface area contributed by atoms with Crippen LogP contribution in [0.3, 0.4) is 0 Å². The molecule has 40 heavy (non-hydrogen) atoms. The first kappa shape index (κ1) is 27.0. The van der Waals surface area contributed by atoms with Gasteiger partial charge >= 0.3 is 0 Å². The number of carbonyl (C=O) groups is 2. The maximum Gasteiger partial charge on any atom is 0.277 e. The first-order valence-electron chi connectivity index (χ1n) is 13.3. The lowest BCUT2D eigenvalue weighted by atomic mass is 9.93. The van der Waals surface area contributed by atoms with Crippen molar-refractivity contribution in [2.75, 3.05) is 19.1 Å². The number of hydrogen-bond acceptors (Lipinski definition) is 5. The number of carbonyl (C=O) groups excluding carboxylic acids is 2. The van der Waals surface area contributed by atoms with Crippen LogP contribution in [0.25, 0.3) is 11.3 Å². The molecule has 2 heterocycles. The van der Waals surface area contributed by atoms with Gasteiger partial charge in [0.1, 0.15) is 22.7 Å². The smallest absolute Gasteiger partial charge is 0.277 e. The molecule has 0 aliphatic carbocycles. The van der Waals surface area contributed by atoms with E-state index in [1.807, 2.05) is 72.8 Å². The van der Waals surface area contributed by atoms with E-state index in [0.29, 0.717) is 28.7 Å². The molecule has 5 rings (SSSR count). The second-order valence-electron chi connectivity index (χ2n) is 10.5. The van der Waals surface area contributed by atoms with Crippen molar-refractivity contribution in [3.05, 3.63) is 95.7 Å². The van der Waals surface area contributed by atoms with Crippen LogP contribution in [0.5, 0.6) is 11.5 Å². The molecule has 8 heteroatoms. The lowest BCUT2D eigenvalue weighted by Gasteiger charge is -2.43. The molecule has 4 aromatic rings. The van der Waals surface area contributed by atoms with E-state index in [2.05, 4.69) is 19.2 Å². The minimum Gasteiger partial charge on any atom is -0.497 e. The van der Waals surface area contributed by atoms with Gasteiger partial charge in [-0.3, -0.25) is 19.2 Å². The molecule has 1 unspecified atom stereocenters. The van der Waals surface area contributed by atoms with E-state index in [-0.39, 0.29) is 24.9 Å². The lowest BCUT2D eigenvalue weighted by Crippen LogP contribution is -2.64. The molecule has 1 aliphatic rings. The molecule has 8 nitrogen and oxygen atoms in total. The van der Waals surface area contributed by atoms with Crippen LogP contribution in [0, 0.1) is 0 Å². The highest BCUT2D eigenvalue weighted by molar-refractivity contribution is 6.12. The third-order valence-corrected chi connectivity index (χ3v) is 7.48. The van der Waals surface area contributed by atoms with Crippen molar-refractivity contribution in [1.29, 1.82) is 0 Å². The summed E-state index contributed by atoms with van der Waals surface area (Å²) in [4.78, 5) is 29.7. The number of amides is 2. The number of aromatic nitrogens is 2. The second-order valence-corrected chi connectivity index (χ2v) is 10.5. The van der Waals surface area contributed by atoms with E-state index in [9.17, 15) is 9.59 Å². The molecule has 0 radical (unpaired) electrons. The molecule has 0 bridgehead atoms. The average molecular weight is 539 g/mol. The van der Waals surface area contributed by atoms with E-state index in [0.717, 1.165) is 22.4 Å². The maximum atomic E-state index is 14.1. The quantitative estimate of drug-likeness (QED) is 0.324. The van der Waals surface area contributed by atoms with Gasteiger partial charge in [-0.05, 0) is 66.9 Å². The van der Waals surface area contributed by atoms with E-state index >= 15 is 0 Å². The number of ether oxygens (including phenoxy) is 2. The molecule has 2 amide bonds. The molecule has 0 fully saturated rings. The zero-order valence-electron chi connectivity index (χ0n) is 23.5. The SMILES string of the molecule is COc1ccc(-c2cc3n(n2)CC(C)(C(=O)NCc2ccccc2OC)N(c2ccc(C(C)C)cc2)C3=O)cc1. The van der Waals surface area contributed by atoms with Gasteiger partial charge in [0.05, 0.1) is 26.5 Å². The van der Waals surface area contributed by atoms with Gasteiger partial charge in [-0.15, -0.1) is 0 Å². The fraction of sp³-hybridized carbons (Fsp3) is 0.281. The highest BCUT2D eigenvalue weighted by Gasteiger charge is 2.49. The fourth-order valence-corrected chi connectivity index (χ4v) is 5.11. The molecule has 0 saturated carbocycles. The van der Waals surface area contributed by atoms with Crippen LogP contribution >= 0.6 is 0 Å². The summed E-state index contributed by atoms with van der Waals surface area (Å²) >= 11 is 0. The van der Waals surface area contributed by atoms with Gasteiger partial charge in [0.25, 0.3) is 5.91 Å². The molecule has 1 atom stereocenters. The van der Waals surface area contributed by atoms with Crippen molar-refractivity contribution in [1.82, 2.24) is 15.1 Å². The normalized spacial score (nSPS) is 16.6. The Bertz CT molecular complexity index is 1530. The number of rotatable bonds is 8. The molecular formula is C32H34N4O4. The largest absolute Gasteiger partial charge is 0.497 e. The minimum absolute atomic E-state index is 0.188. The van der Waals surface area contributed by atoms with Gasteiger partial charge in [-0.2, -0.15) is 5.10 Å². The summed E-state index contributed by atoms with van der Waals surface area (Å²) in [6.45, 7) is 6.48. The number of benzene rings is 3. The predicted molar refractivity (Wildman–Crippen MR) is 155 cm³/mol. The Morgan fingerprint density at radius 3 is 2.35 bits per heavy atom. The fourth-order valence-electron chi connectivity index (χ4n) is 5.11. The number of nitrogens with one attached hydrogen (secondary N) is 1. The van der Waals surface area contributed by atoms with Gasteiger partial charge in [0.15, 0.2) is 0 Å². The van der Waals surface area contributed by atoms with Crippen LogP contribution in [0.4, 0.5) is 5.69 Å². The van der Waals surface area contributed by atoms with Crippen LogP contribution in [-0.2, 0) is 17.9 Å². The zero-order valence-corrected chi connectivity index (χ0v) is 23.5. The summed E-state index contributed by atoms with van der Waals surface area (Å²) in [6.07, 6.45) is 0. The van der Waals surface area contributed by atoms with Crippen LogP contribution < -0.4 is 19.7 Å². The summed E-state index contributed by atoms with van der Waals surface area (Å²) in [7, 11) is 3.22. The van der Waals surface area contributed by atoms with Crippen molar-refractivity contribution in [3.8, 4) is 22.8 Å². The Morgan fingerprint density at radius 2 is 1.70 bits per heavy atom. The summed E-state index contributed by atoms with van der Waals surface area (Å²) in [5.74, 6) is 1.19. The molecule has 1 N–H and O–H groups in total. The number of para-hydroxylation sites is 1.